The van der Waals surface area contributed by atoms with Gasteiger partial charge in [0.25, 0.3) is 5.91 Å². The number of anilines is 1. The van der Waals surface area contributed by atoms with E-state index in [4.69, 9.17) is 5.26 Å². The predicted molar refractivity (Wildman–Crippen MR) is 134 cm³/mol. The number of rotatable bonds is 10. The van der Waals surface area contributed by atoms with E-state index in [1.54, 1.807) is 36.4 Å². The molecule has 0 aliphatic rings. The molecule has 0 aliphatic carbocycles. The summed E-state index contributed by atoms with van der Waals surface area (Å²) in [4.78, 5) is 27.7. The van der Waals surface area contributed by atoms with Gasteiger partial charge < -0.3 is 10.6 Å². The van der Waals surface area contributed by atoms with E-state index in [-0.39, 0.29) is 24.4 Å². The molecule has 0 heterocycles. The normalized spacial score (nSPS) is 11.3. The van der Waals surface area contributed by atoms with Crippen LogP contribution in [0.2, 0.25) is 0 Å². The quantitative estimate of drug-likeness (QED) is 0.438. The van der Waals surface area contributed by atoms with Crippen molar-refractivity contribution in [1.82, 2.24) is 10.2 Å². The molecule has 2 amide bonds. The number of nitrogens with one attached hydrogen (secondary N) is 2. The van der Waals surface area contributed by atoms with Crippen molar-refractivity contribution >= 4 is 17.5 Å². The lowest BCUT2D eigenvalue weighted by molar-refractivity contribution is -0.117. The number of hydrogen-bond donors (Lipinski definition) is 2. The van der Waals surface area contributed by atoms with Crippen molar-refractivity contribution < 1.29 is 9.59 Å². The van der Waals surface area contributed by atoms with Gasteiger partial charge in [-0.3, -0.25) is 14.5 Å². The van der Waals surface area contributed by atoms with Gasteiger partial charge in [-0.25, -0.2) is 0 Å². The van der Waals surface area contributed by atoms with E-state index in [9.17, 15) is 9.59 Å². The number of para-hydroxylation sites is 1. The van der Waals surface area contributed by atoms with Gasteiger partial charge in [0.2, 0.25) is 5.91 Å². The lowest BCUT2D eigenvalue weighted by Crippen LogP contribution is -2.34. The Hall–Kier alpha value is -4.21. The highest BCUT2D eigenvalue weighted by molar-refractivity contribution is 6.04. The van der Waals surface area contributed by atoms with E-state index in [2.05, 4.69) is 23.3 Å². The molecule has 0 aliphatic heterocycles. The summed E-state index contributed by atoms with van der Waals surface area (Å²) in [5.41, 5.74) is 3.36. The smallest absolute Gasteiger partial charge is 0.253 e. The van der Waals surface area contributed by atoms with Gasteiger partial charge in [-0.15, -0.1) is 6.58 Å². The number of carbonyl (C=O) groups is 2. The van der Waals surface area contributed by atoms with Gasteiger partial charge in [0.1, 0.15) is 0 Å². The lowest BCUT2D eigenvalue weighted by atomic mass is 10.1. The first-order valence-corrected chi connectivity index (χ1v) is 11.1. The lowest BCUT2D eigenvalue weighted by Gasteiger charge is -2.21. The zero-order valence-electron chi connectivity index (χ0n) is 19.2. The molecule has 0 aromatic heterocycles. The third-order valence-electron chi connectivity index (χ3n) is 5.31. The minimum Gasteiger partial charge on any atom is -0.345 e. The van der Waals surface area contributed by atoms with E-state index in [1.165, 1.54) is 0 Å². The molecule has 3 aromatic carbocycles. The number of amides is 2. The largest absolute Gasteiger partial charge is 0.345 e. The highest BCUT2D eigenvalue weighted by atomic mass is 16.2. The Labute approximate surface area is 200 Å². The molecule has 0 spiro atoms. The van der Waals surface area contributed by atoms with Crippen LogP contribution in [0.4, 0.5) is 5.69 Å². The molecule has 2 N–H and O–H groups in total. The van der Waals surface area contributed by atoms with Crippen molar-refractivity contribution in [2.24, 2.45) is 0 Å². The van der Waals surface area contributed by atoms with Crippen molar-refractivity contribution in [2.75, 3.05) is 18.4 Å². The Morgan fingerprint density at radius 3 is 2.53 bits per heavy atom. The highest BCUT2D eigenvalue weighted by Crippen LogP contribution is 2.18. The van der Waals surface area contributed by atoms with Crippen LogP contribution in [0, 0.1) is 11.3 Å². The minimum atomic E-state index is -0.261. The summed E-state index contributed by atoms with van der Waals surface area (Å²) in [6.07, 6.45) is 1.73. The Balaban J connectivity index is 1.67. The van der Waals surface area contributed by atoms with E-state index < -0.39 is 0 Å². The summed E-state index contributed by atoms with van der Waals surface area (Å²) < 4.78 is 0. The third kappa shape index (κ3) is 6.89. The van der Waals surface area contributed by atoms with Crippen LogP contribution in [0.15, 0.2) is 91.5 Å². The summed E-state index contributed by atoms with van der Waals surface area (Å²) in [6, 6.07) is 25.9. The second-order valence-electron chi connectivity index (χ2n) is 7.97. The Bertz CT molecular complexity index is 1180. The van der Waals surface area contributed by atoms with Gasteiger partial charge in [0.15, 0.2) is 0 Å². The molecule has 0 saturated carbocycles. The third-order valence-corrected chi connectivity index (χ3v) is 5.31. The molecule has 172 valence electrons. The molecule has 3 rings (SSSR count). The minimum absolute atomic E-state index is 0.110. The van der Waals surface area contributed by atoms with Crippen LogP contribution in [0.3, 0.4) is 0 Å². The molecule has 0 saturated heterocycles. The summed E-state index contributed by atoms with van der Waals surface area (Å²) in [5.74, 6) is -0.502. The highest BCUT2D eigenvalue weighted by Gasteiger charge is 2.17. The summed E-state index contributed by atoms with van der Waals surface area (Å²) in [5, 5.41) is 15.0. The fourth-order valence-electron chi connectivity index (χ4n) is 3.65. The summed E-state index contributed by atoms with van der Waals surface area (Å²) >= 11 is 0. The Kier molecular flexibility index (Phi) is 8.73. The van der Waals surface area contributed by atoms with Crippen LogP contribution in [0.25, 0.3) is 0 Å². The van der Waals surface area contributed by atoms with Crippen LogP contribution in [0.1, 0.15) is 40.0 Å². The topological polar surface area (TPSA) is 85.2 Å². The van der Waals surface area contributed by atoms with Gasteiger partial charge in [-0.2, -0.15) is 5.26 Å². The molecule has 1 unspecified atom stereocenters. The Morgan fingerprint density at radius 1 is 1.06 bits per heavy atom. The molecule has 0 radical (unpaired) electrons. The van der Waals surface area contributed by atoms with Crippen molar-refractivity contribution in [3.8, 4) is 6.07 Å². The molecule has 34 heavy (non-hydrogen) atoms. The molecule has 0 bridgehead atoms. The van der Waals surface area contributed by atoms with Crippen LogP contribution in [-0.4, -0.2) is 29.8 Å². The predicted octanol–water partition coefficient (Wildman–Crippen LogP) is 4.68. The van der Waals surface area contributed by atoms with Crippen molar-refractivity contribution in [2.45, 2.75) is 19.5 Å². The number of hydrogen-bond acceptors (Lipinski definition) is 4. The fraction of sp³-hybridized carbons (Fsp3) is 0.179. The van der Waals surface area contributed by atoms with E-state index >= 15 is 0 Å². The number of nitriles is 1. The van der Waals surface area contributed by atoms with Crippen LogP contribution < -0.4 is 10.6 Å². The van der Waals surface area contributed by atoms with Gasteiger partial charge in [-0.05, 0) is 42.3 Å². The van der Waals surface area contributed by atoms with Crippen molar-refractivity contribution in [3.05, 3.63) is 114 Å². The summed E-state index contributed by atoms with van der Waals surface area (Å²) in [6.45, 7) is 6.80. The number of benzene rings is 3. The SMILES string of the molecule is C=CCN(CC(=O)Nc1ccccc1C(=O)NC(C)c1ccccc1)Cc1cccc(C#N)c1. The zero-order valence-corrected chi connectivity index (χ0v) is 19.2. The van der Waals surface area contributed by atoms with Crippen molar-refractivity contribution in [1.29, 1.82) is 5.26 Å². The average Bonchev–Trinajstić information content (AvgIpc) is 2.85. The van der Waals surface area contributed by atoms with Crippen LogP contribution in [-0.2, 0) is 11.3 Å². The monoisotopic (exact) mass is 452 g/mol. The average molecular weight is 453 g/mol. The first kappa shape index (κ1) is 24.4. The van der Waals surface area contributed by atoms with Crippen LogP contribution in [0.5, 0.6) is 0 Å². The molecule has 6 nitrogen and oxygen atoms in total. The van der Waals surface area contributed by atoms with Crippen LogP contribution >= 0.6 is 0 Å². The van der Waals surface area contributed by atoms with E-state index in [0.717, 1.165) is 11.1 Å². The first-order valence-electron chi connectivity index (χ1n) is 11.1. The number of carbonyl (C=O) groups excluding carboxylic acids is 2. The second-order valence-corrected chi connectivity index (χ2v) is 7.97. The summed E-state index contributed by atoms with van der Waals surface area (Å²) in [7, 11) is 0. The molecule has 6 heteroatoms. The van der Waals surface area contributed by atoms with Crippen molar-refractivity contribution in [3.63, 3.8) is 0 Å². The second kappa shape index (κ2) is 12.1. The molecule has 0 fully saturated rings. The standard InChI is InChI=1S/C28H28N4O2/c1-3-16-32(19-23-11-9-10-22(17-23)18-29)20-27(33)31-26-15-8-7-14-25(26)28(34)30-21(2)24-12-5-4-6-13-24/h3-15,17,21H,1,16,19-20H2,2H3,(H,30,34)(H,31,33). The Morgan fingerprint density at radius 2 is 1.79 bits per heavy atom. The fourth-order valence-corrected chi connectivity index (χ4v) is 3.65. The zero-order chi connectivity index (χ0) is 24.3. The van der Waals surface area contributed by atoms with Gasteiger partial charge in [0, 0.05) is 13.1 Å². The maximum atomic E-state index is 12.9. The van der Waals surface area contributed by atoms with Gasteiger partial charge >= 0.3 is 0 Å². The van der Waals surface area contributed by atoms with Gasteiger partial charge in [0.05, 0.1) is 35.5 Å². The molecule has 3 aromatic rings. The van der Waals surface area contributed by atoms with E-state index in [0.29, 0.717) is 29.9 Å². The first-order chi connectivity index (χ1) is 16.5. The van der Waals surface area contributed by atoms with E-state index in [1.807, 2.05) is 60.4 Å². The molecular weight excluding hydrogens is 424 g/mol. The molecular formula is C28H28N4O2. The maximum absolute atomic E-state index is 12.9. The molecule has 1 atom stereocenters. The van der Waals surface area contributed by atoms with Gasteiger partial charge in [-0.1, -0.05) is 60.7 Å². The maximum Gasteiger partial charge on any atom is 0.253 e. The number of nitrogens with zero attached hydrogens (tertiary/aromatic N) is 2.